The molecule has 0 radical (unpaired) electrons. The third kappa shape index (κ3) is 4.43. The maximum atomic E-state index is 12.7. The lowest BCUT2D eigenvalue weighted by Gasteiger charge is -2.42. The standard InChI is InChI=1S/C16H28N2O3/c17-14(11-15(19)20)16(21)18(12-7-3-1-4-8-12)13-9-5-2-6-10-13/h12-14H,1-11,17H2,(H,19,20). The summed E-state index contributed by atoms with van der Waals surface area (Å²) < 4.78 is 0. The Morgan fingerprint density at radius 3 is 1.76 bits per heavy atom. The topological polar surface area (TPSA) is 83.6 Å². The number of rotatable bonds is 5. The zero-order chi connectivity index (χ0) is 15.2. The van der Waals surface area contributed by atoms with E-state index < -0.39 is 12.0 Å². The van der Waals surface area contributed by atoms with Gasteiger partial charge in [0.05, 0.1) is 12.5 Å². The normalized spacial score (nSPS) is 22.7. The first-order chi connectivity index (χ1) is 10.1. The van der Waals surface area contributed by atoms with E-state index in [0.717, 1.165) is 51.4 Å². The van der Waals surface area contributed by atoms with Crippen molar-refractivity contribution in [2.45, 2.75) is 88.8 Å². The summed E-state index contributed by atoms with van der Waals surface area (Å²) in [5, 5.41) is 8.88. The summed E-state index contributed by atoms with van der Waals surface area (Å²) in [6.07, 6.45) is 11.0. The van der Waals surface area contributed by atoms with E-state index in [1.165, 1.54) is 12.8 Å². The van der Waals surface area contributed by atoms with Crippen molar-refractivity contribution in [2.75, 3.05) is 0 Å². The zero-order valence-corrected chi connectivity index (χ0v) is 12.8. The molecule has 2 fully saturated rings. The summed E-state index contributed by atoms with van der Waals surface area (Å²) in [6.45, 7) is 0. The number of amides is 1. The highest BCUT2D eigenvalue weighted by atomic mass is 16.4. The molecule has 0 aromatic carbocycles. The number of nitrogens with zero attached hydrogens (tertiary/aromatic N) is 1. The first-order valence-electron chi connectivity index (χ1n) is 8.39. The Morgan fingerprint density at radius 1 is 0.952 bits per heavy atom. The van der Waals surface area contributed by atoms with Crippen LogP contribution in [0.1, 0.15) is 70.6 Å². The molecule has 1 amide bonds. The van der Waals surface area contributed by atoms with E-state index in [4.69, 9.17) is 10.8 Å². The van der Waals surface area contributed by atoms with Crippen LogP contribution in [0.2, 0.25) is 0 Å². The van der Waals surface area contributed by atoms with Gasteiger partial charge < -0.3 is 15.7 Å². The molecule has 2 aliphatic rings. The van der Waals surface area contributed by atoms with E-state index >= 15 is 0 Å². The number of nitrogens with two attached hydrogens (primary N) is 1. The number of carboxylic acids is 1. The second-order valence-electron chi connectivity index (χ2n) is 6.53. The van der Waals surface area contributed by atoms with Crippen LogP contribution in [0.15, 0.2) is 0 Å². The van der Waals surface area contributed by atoms with Gasteiger partial charge in [0.2, 0.25) is 5.91 Å². The highest BCUT2D eigenvalue weighted by Gasteiger charge is 2.35. The molecule has 2 rings (SSSR count). The first-order valence-corrected chi connectivity index (χ1v) is 8.39. The predicted octanol–water partition coefficient (Wildman–Crippen LogP) is 2.28. The van der Waals surface area contributed by atoms with Crippen LogP contribution in [0.5, 0.6) is 0 Å². The second-order valence-corrected chi connectivity index (χ2v) is 6.53. The van der Waals surface area contributed by atoms with Crippen molar-refractivity contribution in [2.24, 2.45) is 5.73 Å². The number of aliphatic carboxylic acids is 1. The minimum atomic E-state index is -0.997. The molecule has 1 atom stereocenters. The molecule has 0 aliphatic heterocycles. The minimum absolute atomic E-state index is 0.142. The van der Waals surface area contributed by atoms with Crippen molar-refractivity contribution in [3.8, 4) is 0 Å². The monoisotopic (exact) mass is 296 g/mol. The SMILES string of the molecule is NC(CC(=O)O)C(=O)N(C1CCCCC1)C1CCCCC1. The lowest BCUT2D eigenvalue weighted by atomic mass is 9.88. The third-order valence-corrected chi connectivity index (χ3v) is 4.90. The Bertz CT molecular complexity index is 343. The predicted molar refractivity (Wildman–Crippen MR) is 80.8 cm³/mol. The van der Waals surface area contributed by atoms with Crippen LogP contribution in [-0.4, -0.2) is 40.0 Å². The quantitative estimate of drug-likeness (QED) is 0.815. The fourth-order valence-electron chi connectivity index (χ4n) is 3.84. The van der Waals surface area contributed by atoms with Gasteiger partial charge in [-0.3, -0.25) is 9.59 Å². The van der Waals surface area contributed by atoms with Crippen molar-refractivity contribution in [1.82, 2.24) is 4.90 Å². The summed E-state index contributed by atoms with van der Waals surface area (Å²) >= 11 is 0. The summed E-state index contributed by atoms with van der Waals surface area (Å²) in [5.74, 6) is -1.14. The molecule has 2 aliphatic carbocycles. The molecule has 0 heterocycles. The number of carbonyl (C=O) groups is 2. The summed E-state index contributed by atoms with van der Waals surface area (Å²) in [6, 6.07) is -0.352. The van der Waals surface area contributed by atoms with E-state index in [9.17, 15) is 9.59 Å². The second kappa shape index (κ2) is 7.78. The Hall–Kier alpha value is -1.10. The fourth-order valence-corrected chi connectivity index (χ4v) is 3.84. The van der Waals surface area contributed by atoms with Gasteiger partial charge in [0.25, 0.3) is 0 Å². The maximum absolute atomic E-state index is 12.7. The average Bonchev–Trinajstić information content (AvgIpc) is 2.49. The number of hydrogen-bond acceptors (Lipinski definition) is 3. The van der Waals surface area contributed by atoms with Crippen LogP contribution in [-0.2, 0) is 9.59 Å². The van der Waals surface area contributed by atoms with Crippen LogP contribution >= 0.6 is 0 Å². The minimum Gasteiger partial charge on any atom is -0.481 e. The molecular weight excluding hydrogens is 268 g/mol. The van der Waals surface area contributed by atoms with Crippen molar-refractivity contribution in [3.05, 3.63) is 0 Å². The lowest BCUT2D eigenvalue weighted by molar-refractivity contribution is -0.145. The van der Waals surface area contributed by atoms with Gasteiger partial charge in [-0.15, -0.1) is 0 Å². The third-order valence-electron chi connectivity index (χ3n) is 4.90. The fraction of sp³-hybridized carbons (Fsp3) is 0.875. The molecule has 0 bridgehead atoms. The van der Waals surface area contributed by atoms with Gasteiger partial charge in [-0.2, -0.15) is 0 Å². The largest absolute Gasteiger partial charge is 0.481 e. The Kier molecular flexibility index (Phi) is 6.03. The summed E-state index contributed by atoms with van der Waals surface area (Å²) in [4.78, 5) is 25.5. The average molecular weight is 296 g/mol. The van der Waals surface area contributed by atoms with Gasteiger partial charge in [-0.1, -0.05) is 38.5 Å². The molecule has 120 valence electrons. The molecule has 3 N–H and O–H groups in total. The number of carboxylic acid groups (broad SMARTS) is 1. The van der Waals surface area contributed by atoms with Gasteiger partial charge in [0.15, 0.2) is 0 Å². The van der Waals surface area contributed by atoms with Crippen molar-refractivity contribution in [1.29, 1.82) is 0 Å². The first kappa shape index (κ1) is 16.3. The Balaban J connectivity index is 2.09. The number of hydrogen-bond donors (Lipinski definition) is 2. The number of carbonyl (C=O) groups excluding carboxylic acids is 1. The van der Waals surface area contributed by atoms with Crippen LogP contribution in [0.25, 0.3) is 0 Å². The zero-order valence-electron chi connectivity index (χ0n) is 12.8. The molecule has 5 heteroatoms. The molecule has 2 saturated carbocycles. The van der Waals surface area contributed by atoms with Crippen molar-refractivity contribution >= 4 is 11.9 Å². The van der Waals surface area contributed by atoms with Crippen molar-refractivity contribution in [3.63, 3.8) is 0 Å². The molecule has 0 aromatic heterocycles. The van der Waals surface area contributed by atoms with E-state index in [1.54, 1.807) is 0 Å². The molecule has 0 saturated heterocycles. The highest BCUT2D eigenvalue weighted by molar-refractivity contribution is 5.86. The van der Waals surface area contributed by atoms with Gasteiger partial charge in [-0.25, -0.2) is 0 Å². The van der Waals surface area contributed by atoms with Gasteiger partial charge in [-0.05, 0) is 25.7 Å². The van der Waals surface area contributed by atoms with Crippen LogP contribution in [0.4, 0.5) is 0 Å². The van der Waals surface area contributed by atoms with E-state index in [2.05, 4.69) is 0 Å². The van der Waals surface area contributed by atoms with Crippen LogP contribution in [0, 0.1) is 0 Å². The molecule has 5 nitrogen and oxygen atoms in total. The Morgan fingerprint density at radius 2 is 1.38 bits per heavy atom. The maximum Gasteiger partial charge on any atom is 0.305 e. The molecule has 0 aromatic rings. The van der Waals surface area contributed by atoms with E-state index in [0.29, 0.717) is 0 Å². The van der Waals surface area contributed by atoms with E-state index in [-0.39, 0.29) is 24.4 Å². The van der Waals surface area contributed by atoms with Crippen molar-refractivity contribution < 1.29 is 14.7 Å². The summed E-state index contributed by atoms with van der Waals surface area (Å²) in [7, 11) is 0. The van der Waals surface area contributed by atoms with Crippen LogP contribution in [0.3, 0.4) is 0 Å². The van der Waals surface area contributed by atoms with Gasteiger partial charge in [0, 0.05) is 12.1 Å². The van der Waals surface area contributed by atoms with E-state index in [1.807, 2.05) is 4.90 Å². The van der Waals surface area contributed by atoms with Gasteiger partial charge in [0.1, 0.15) is 0 Å². The summed E-state index contributed by atoms with van der Waals surface area (Å²) in [5.41, 5.74) is 5.86. The molecule has 21 heavy (non-hydrogen) atoms. The molecule has 0 spiro atoms. The van der Waals surface area contributed by atoms with Gasteiger partial charge >= 0.3 is 5.97 Å². The molecule has 1 unspecified atom stereocenters. The lowest BCUT2D eigenvalue weighted by Crippen LogP contribution is -2.54. The smallest absolute Gasteiger partial charge is 0.305 e. The van der Waals surface area contributed by atoms with Crippen LogP contribution < -0.4 is 5.73 Å². The molecular formula is C16H28N2O3. The Labute approximate surface area is 126 Å². The highest BCUT2D eigenvalue weighted by Crippen LogP contribution is 2.30.